The second kappa shape index (κ2) is 6.46. The minimum atomic E-state index is -4.38. The predicted octanol–water partition coefficient (Wildman–Crippen LogP) is 3.55. The van der Waals surface area contributed by atoms with E-state index >= 15 is 0 Å². The van der Waals surface area contributed by atoms with Crippen LogP contribution in [0.15, 0.2) is 41.1 Å². The molecule has 108 valence electrons. The summed E-state index contributed by atoms with van der Waals surface area (Å²) >= 11 is 1.40. The van der Waals surface area contributed by atoms with Crippen LogP contribution >= 0.6 is 11.3 Å². The Hall–Kier alpha value is -2.26. The normalized spacial score (nSPS) is 10.6. The molecule has 0 bridgehead atoms. The second-order valence-electron chi connectivity index (χ2n) is 4.08. The molecule has 2 aromatic rings. The fraction of sp³-hybridized carbons (Fsp3) is 0.133. The summed E-state index contributed by atoms with van der Waals surface area (Å²) in [6.07, 6.45) is -4.38. The molecular formula is C15H10F3NOS. The van der Waals surface area contributed by atoms with E-state index in [1.807, 2.05) is 0 Å². The summed E-state index contributed by atoms with van der Waals surface area (Å²) < 4.78 is 37.5. The van der Waals surface area contributed by atoms with E-state index in [4.69, 9.17) is 0 Å². The summed E-state index contributed by atoms with van der Waals surface area (Å²) in [6, 6.07) is 6.44. The zero-order chi connectivity index (χ0) is 15.3. The monoisotopic (exact) mass is 309 g/mol. The van der Waals surface area contributed by atoms with E-state index in [1.54, 1.807) is 16.8 Å². The SMILES string of the molecule is O=C(NCC#Cc1cccc(C(F)(F)F)c1)c1ccsc1. The van der Waals surface area contributed by atoms with Crippen molar-refractivity contribution in [2.75, 3.05) is 6.54 Å². The van der Waals surface area contributed by atoms with Gasteiger partial charge < -0.3 is 5.32 Å². The fourth-order valence-electron chi connectivity index (χ4n) is 1.54. The Bertz CT molecular complexity index is 681. The number of alkyl halides is 3. The summed E-state index contributed by atoms with van der Waals surface area (Å²) in [5.74, 6) is 4.97. The molecule has 6 heteroatoms. The molecule has 21 heavy (non-hydrogen) atoms. The molecule has 0 unspecified atom stereocenters. The van der Waals surface area contributed by atoms with Gasteiger partial charge in [-0.05, 0) is 29.6 Å². The van der Waals surface area contributed by atoms with Gasteiger partial charge in [0, 0.05) is 10.9 Å². The van der Waals surface area contributed by atoms with Gasteiger partial charge in [-0.1, -0.05) is 17.9 Å². The maximum Gasteiger partial charge on any atom is 0.416 e. The molecule has 2 rings (SSSR count). The summed E-state index contributed by atoms with van der Waals surface area (Å²) in [5.41, 5.74) is 0.0621. The molecule has 1 heterocycles. The summed E-state index contributed by atoms with van der Waals surface area (Å²) in [6.45, 7) is 0.0743. The van der Waals surface area contributed by atoms with E-state index in [0.717, 1.165) is 12.1 Å². The van der Waals surface area contributed by atoms with Crippen molar-refractivity contribution in [3.63, 3.8) is 0 Å². The smallest absolute Gasteiger partial charge is 0.341 e. The number of carbonyl (C=O) groups excluding carboxylic acids is 1. The van der Waals surface area contributed by atoms with E-state index in [1.165, 1.54) is 23.5 Å². The number of benzene rings is 1. The van der Waals surface area contributed by atoms with Crippen molar-refractivity contribution in [1.82, 2.24) is 5.32 Å². The highest BCUT2D eigenvalue weighted by Gasteiger charge is 2.30. The second-order valence-corrected chi connectivity index (χ2v) is 4.86. The highest BCUT2D eigenvalue weighted by Crippen LogP contribution is 2.29. The Balaban J connectivity index is 1.96. The van der Waals surface area contributed by atoms with Gasteiger partial charge in [0.1, 0.15) is 0 Å². The van der Waals surface area contributed by atoms with Crippen LogP contribution in [0.5, 0.6) is 0 Å². The van der Waals surface area contributed by atoms with Gasteiger partial charge in [0.25, 0.3) is 5.91 Å². The zero-order valence-electron chi connectivity index (χ0n) is 10.7. The number of thiophene rings is 1. The molecule has 0 saturated heterocycles. The minimum absolute atomic E-state index is 0.0743. The first kappa shape index (κ1) is 15.1. The largest absolute Gasteiger partial charge is 0.416 e. The van der Waals surface area contributed by atoms with Gasteiger partial charge in [-0.3, -0.25) is 4.79 Å². The molecule has 0 spiro atoms. The van der Waals surface area contributed by atoms with Crippen molar-refractivity contribution in [3.05, 3.63) is 57.8 Å². The lowest BCUT2D eigenvalue weighted by Crippen LogP contribution is -2.22. The van der Waals surface area contributed by atoms with Crippen molar-refractivity contribution in [1.29, 1.82) is 0 Å². The number of carbonyl (C=O) groups is 1. The quantitative estimate of drug-likeness (QED) is 0.845. The Morgan fingerprint density at radius 2 is 2.10 bits per heavy atom. The Morgan fingerprint density at radius 3 is 2.76 bits per heavy atom. The zero-order valence-corrected chi connectivity index (χ0v) is 11.5. The molecule has 0 aliphatic carbocycles. The van der Waals surface area contributed by atoms with Crippen LogP contribution in [0.1, 0.15) is 21.5 Å². The maximum atomic E-state index is 12.5. The van der Waals surface area contributed by atoms with E-state index in [0.29, 0.717) is 5.56 Å². The lowest BCUT2D eigenvalue weighted by atomic mass is 10.1. The van der Waals surface area contributed by atoms with Gasteiger partial charge in [0.05, 0.1) is 17.7 Å². The third-order valence-electron chi connectivity index (χ3n) is 2.54. The number of nitrogens with one attached hydrogen (secondary N) is 1. The van der Waals surface area contributed by atoms with Crippen LogP contribution in [0.2, 0.25) is 0 Å². The van der Waals surface area contributed by atoms with Gasteiger partial charge in [0.15, 0.2) is 0 Å². The molecule has 0 atom stereocenters. The average Bonchev–Trinajstić information content (AvgIpc) is 2.97. The predicted molar refractivity (Wildman–Crippen MR) is 75.0 cm³/mol. The molecule has 1 amide bonds. The number of halogens is 3. The average molecular weight is 309 g/mol. The molecule has 2 nitrogen and oxygen atoms in total. The summed E-state index contributed by atoms with van der Waals surface area (Å²) in [4.78, 5) is 11.6. The lowest BCUT2D eigenvalue weighted by molar-refractivity contribution is -0.137. The van der Waals surface area contributed by atoms with Crippen molar-refractivity contribution in [2.24, 2.45) is 0 Å². The molecular weight excluding hydrogens is 299 g/mol. The van der Waals surface area contributed by atoms with E-state index < -0.39 is 11.7 Å². The molecule has 0 aliphatic rings. The fourth-order valence-corrected chi connectivity index (χ4v) is 2.18. The summed E-state index contributed by atoms with van der Waals surface area (Å²) in [7, 11) is 0. The van der Waals surface area contributed by atoms with Gasteiger partial charge in [0.2, 0.25) is 0 Å². The molecule has 1 N–H and O–H groups in total. The van der Waals surface area contributed by atoms with Crippen molar-refractivity contribution in [3.8, 4) is 11.8 Å². The maximum absolute atomic E-state index is 12.5. The highest BCUT2D eigenvalue weighted by atomic mass is 32.1. The first-order chi connectivity index (χ1) is 9.97. The third kappa shape index (κ3) is 4.36. The van der Waals surface area contributed by atoms with E-state index in [2.05, 4.69) is 17.2 Å². The Morgan fingerprint density at radius 1 is 1.29 bits per heavy atom. The van der Waals surface area contributed by atoms with Crippen LogP contribution < -0.4 is 5.32 Å². The Kier molecular flexibility index (Phi) is 4.66. The van der Waals surface area contributed by atoms with Gasteiger partial charge in [-0.15, -0.1) is 0 Å². The molecule has 1 aromatic carbocycles. The van der Waals surface area contributed by atoms with E-state index in [-0.39, 0.29) is 18.0 Å². The van der Waals surface area contributed by atoms with Crippen LogP contribution in [-0.2, 0) is 6.18 Å². The van der Waals surface area contributed by atoms with Crippen LogP contribution in [-0.4, -0.2) is 12.5 Å². The molecule has 0 fully saturated rings. The van der Waals surface area contributed by atoms with Crippen LogP contribution in [0.25, 0.3) is 0 Å². The highest BCUT2D eigenvalue weighted by molar-refractivity contribution is 7.08. The molecule has 0 saturated carbocycles. The summed E-state index contributed by atoms with van der Waals surface area (Å²) in [5, 5.41) is 6.06. The van der Waals surface area contributed by atoms with Gasteiger partial charge >= 0.3 is 6.18 Å². The number of hydrogen-bond acceptors (Lipinski definition) is 2. The molecule has 1 aromatic heterocycles. The van der Waals surface area contributed by atoms with Gasteiger partial charge in [-0.25, -0.2) is 0 Å². The molecule has 0 radical (unpaired) electrons. The third-order valence-corrected chi connectivity index (χ3v) is 3.23. The topological polar surface area (TPSA) is 29.1 Å². The number of amides is 1. The number of rotatable bonds is 2. The van der Waals surface area contributed by atoms with E-state index in [9.17, 15) is 18.0 Å². The first-order valence-electron chi connectivity index (χ1n) is 5.93. The van der Waals surface area contributed by atoms with Gasteiger partial charge in [-0.2, -0.15) is 24.5 Å². The Labute approximate surface area is 123 Å². The van der Waals surface area contributed by atoms with Crippen molar-refractivity contribution >= 4 is 17.2 Å². The van der Waals surface area contributed by atoms with Crippen LogP contribution in [0.4, 0.5) is 13.2 Å². The van der Waals surface area contributed by atoms with Crippen molar-refractivity contribution in [2.45, 2.75) is 6.18 Å². The lowest BCUT2D eigenvalue weighted by Gasteiger charge is -2.05. The van der Waals surface area contributed by atoms with Crippen LogP contribution in [0.3, 0.4) is 0 Å². The minimum Gasteiger partial charge on any atom is -0.341 e. The van der Waals surface area contributed by atoms with Crippen LogP contribution in [0, 0.1) is 11.8 Å². The number of hydrogen-bond donors (Lipinski definition) is 1. The standard InChI is InChI=1S/C15H10F3NOS/c16-15(17,18)13-5-1-3-11(9-13)4-2-7-19-14(20)12-6-8-21-10-12/h1,3,5-6,8-10H,7H2,(H,19,20). The molecule has 0 aliphatic heterocycles. The first-order valence-corrected chi connectivity index (χ1v) is 6.87. The van der Waals surface area contributed by atoms with Crippen molar-refractivity contribution < 1.29 is 18.0 Å².